The summed E-state index contributed by atoms with van der Waals surface area (Å²) in [7, 11) is 1.83. The molecule has 0 saturated heterocycles. The molecule has 2 amide bonds. The van der Waals surface area contributed by atoms with Crippen molar-refractivity contribution >= 4 is 17.4 Å². The molecule has 1 N–H and O–H groups in total. The van der Waals surface area contributed by atoms with Gasteiger partial charge in [-0.2, -0.15) is 0 Å². The molecule has 2 atom stereocenters. The number of urea groups is 1. The van der Waals surface area contributed by atoms with E-state index in [4.69, 9.17) is 4.74 Å². The second kappa shape index (κ2) is 6.16. The number of rotatable bonds is 5. The van der Waals surface area contributed by atoms with Gasteiger partial charge < -0.3 is 15.0 Å². The van der Waals surface area contributed by atoms with Crippen molar-refractivity contribution in [1.29, 1.82) is 0 Å². The number of carbonyl (C=O) groups excluding carboxylic acids is 1. The first-order valence-electron chi connectivity index (χ1n) is 8.09. The van der Waals surface area contributed by atoms with E-state index in [0.717, 1.165) is 23.7 Å². The number of aromatic nitrogens is 1. The highest BCUT2D eigenvalue weighted by Gasteiger charge is 2.59. The van der Waals surface area contributed by atoms with E-state index in [-0.39, 0.29) is 17.5 Å². The predicted octanol–water partition coefficient (Wildman–Crippen LogP) is 2.94. The Kier molecular flexibility index (Phi) is 4.41. The summed E-state index contributed by atoms with van der Waals surface area (Å²) in [5, 5.41) is 6.26. The molecule has 3 rings (SSSR count). The molecule has 6 heteroatoms. The zero-order chi connectivity index (χ0) is 15.7. The zero-order valence-electron chi connectivity index (χ0n) is 13.6. The van der Waals surface area contributed by atoms with E-state index in [1.807, 2.05) is 26.3 Å². The molecule has 122 valence electrons. The highest BCUT2D eigenvalue weighted by atomic mass is 32.1. The molecule has 1 heterocycles. The van der Waals surface area contributed by atoms with Crippen LogP contribution in [0.15, 0.2) is 5.38 Å². The Morgan fingerprint density at radius 2 is 2.36 bits per heavy atom. The molecule has 2 saturated carbocycles. The highest BCUT2D eigenvalue weighted by Crippen LogP contribution is 2.57. The summed E-state index contributed by atoms with van der Waals surface area (Å²) in [5.41, 5.74) is 1.17. The molecule has 0 aromatic carbocycles. The zero-order valence-corrected chi connectivity index (χ0v) is 14.4. The largest absolute Gasteiger partial charge is 0.378 e. The first kappa shape index (κ1) is 15.7. The Hall–Kier alpha value is -1.14. The third kappa shape index (κ3) is 2.74. The lowest BCUT2D eigenvalue weighted by Crippen LogP contribution is -2.68. The van der Waals surface area contributed by atoms with E-state index in [1.54, 1.807) is 16.2 Å². The van der Waals surface area contributed by atoms with Crippen LogP contribution in [0.25, 0.3) is 0 Å². The summed E-state index contributed by atoms with van der Waals surface area (Å²) >= 11 is 1.62. The van der Waals surface area contributed by atoms with Crippen LogP contribution >= 0.6 is 11.3 Å². The average Bonchev–Trinajstić information content (AvgIpc) is 2.80. The van der Waals surface area contributed by atoms with Crippen LogP contribution in [0, 0.1) is 12.3 Å². The summed E-state index contributed by atoms with van der Waals surface area (Å²) in [6.45, 7) is 5.35. The Balaban J connectivity index is 1.53. The molecular formula is C16H25N3O2S. The third-order valence-corrected chi connectivity index (χ3v) is 5.97. The molecule has 5 nitrogen and oxygen atoms in total. The van der Waals surface area contributed by atoms with E-state index in [9.17, 15) is 4.79 Å². The summed E-state index contributed by atoms with van der Waals surface area (Å²) in [5.74, 6) is 0. The van der Waals surface area contributed by atoms with Crippen LogP contribution in [0.5, 0.6) is 0 Å². The van der Waals surface area contributed by atoms with Crippen LogP contribution in [-0.4, -0.2) is 41.7 Å². The van der Waals surface area contributed by atoms with Crippen molar-refractivity contribution < 1.29 is 9.53 Å². The SMILES string of the molecule is CCO[C@@H]1C[C@H](NC(=O)N(C)Cc2csc(C)n2)C12CCC2. The molecule has 2 aliphatic rings. The second-order valence-electron chi connectivity index (χ2n) is 6.48. The third-order valence-electron chi connectivity index (χ3n) is 5.15. The normalized spacial score (nSPS) is 25.4. The number of nitrogens with one attached hydrogen (secondary N) is 1. The van der Waals surface area contributed by atoms with Gasteiger partial charge in [0.1, 0.15) is 0 Å². The standard InChI is InChI=1S/C16H25N3O2S/c1-4-21-14-8-13(16(14)6-5-7-16)18-15(20)19(3)9-12-10-22-11(2)17-12/h10,13-14H,4-9H2,1-3H3,(H,18,20)/t13-,14+/m0/s1. The fraction of sp³-hybridized carbons (Fsp3) is 0.750. The van der Waals surface area contributed by atoms with Gasteiger partial charge in [-0.05, 0) is 33.1 Å². The maximum atomic E-state index is 12.4. The minimum atomic E-state index is -0.00289. The van der Waals surface area contributed by atoms with Crippen LogP contribution in [0.1, 0.15) is 43.3 Å². The van der Waals surface area contributed by atoms with Crippen LogP contribution in [0.4, 0.5) is 4.79 Å². The van der Waals surface area contributed by atoms with Gasteiger partial charge in [0.05, 0.1) is 23.4 Å². The monoisotopic (exact) mass is 323 g/mol. The van der Waals surface area contributed by atoms with Crippen molar-refractivity contribution in [2.24, 2.45) is 5.41 Å². The van der Waals surface area contributed by atoms with E-state index < -0.39 is 0 Å². The van der Waals surface area contributed by atoms with Crippen LogP contribution in [0.2, 0.25) is 0 Å². The number of thiazole rings is 1. The van der Waals surface area contributed by atoms with Crippen molar-refractivity contribution in [1.82, 2.24) is 15.2 Å². The molecular weight excluding hydrogens is 298 g/mol. The maximum Gasteiger partial charge on any atom is 0.317 e. The Bertz CT molecular complexity index is 541. The van der Waals surface area contributed by atoms with E-state index in [1.165, 1.54) is 19.3 Å². The molecule has 1 spiro atoms. The Morgan fingerprint density at radius 3 is 2.91 bits per heavy atom. The van der Waals surface area contributed by atoms with Gasteiger partial charge in [0.2, 0.25) is 0 Å². The predicted molar refractivity (Wildman–Crippen MR) is 87.0 cm³/mol. The average molecular weight is 323 g/mol. The lowest BCUT2D eigenvalue weighted by atomic mass is 9.51. The molecule has 2 fully saturated rings. The van der Waals surface area contributed by atoms with Gasteiger partial charge in [0.25, 0.3) is 0 Å². The summed E-state index contributed by atoms with van der Waals surface area (Å²) in [6, 6.07) is 0.266. The van der Waals surface area contributed by atoms with Crippen molar-refractivity contribution in [3.63, 3.8) is 0 Å². The number of amides is 2. The van der Waals surface area contributed by atoms with E-state index >= 15 is 0 Å². The lowest BCUT2D eigenvalue weighted by molar-refractivity contribution is -0.169. The van der Waals surface area contributed by atoms with Crippen molar-refractivity contribution in [2.45, 2.75) is 58.2 Å². The number of carbonyl (C=O) groups is 1. The van der Waals surface area contributed by atoms with Gasteiger partial charge in [-0.1, -0.05) is 6.42 Å². The first-order chi connectivity index (χ1) is 10.5. The van der Waals surface area contributed by atoms with Gasteiger partial charge >= 0.3 is 6.03 Å². The molecule has 22 heavy (non-hydrogen) atoms. The minimum Gasteiger partial charge on any atom is -0.378 e. The lowest BCUT2D eigenvalue weighted by Gasteiger charge is -2.61. The van der Waals surface area contributed by atoms with Gasteiger partial charge in [-0.15, -0.1) is 11.3 Å². The summed E-state index contributed by atoms with van der Waals surface area (Å²) in [4.78, 5) is 18.5. The molecule has 0 bridgehead atoms. The summed E-state index contributed by atoms with van der Waals surface area (Å²) in [6.07, 6.45) is 4.89. The fourth-order valence-corrected chi connectivity index (χ4v) is 4.30. The molecule has 0 aliphatic heterocycles. The first-order valence-corrected chi connectivity index (χ1v) is 8.97. The van der Waals surface area contributed by atoms with Crippen LogP contribution < -0.4 is 5.32 Å². The van der Waals surface area contributed by atoms with Gasteiger partial charge in [-0.3, -0.25) is 0 Å². The number of ether oxygens (including phenoxy) is 1. The molecule has 1 aromatic rings. The van der Waals surface area contributed by atoms with Crippen LogP contribution in [-0.2, 0) is 11.3 Å². The van der Waals surface area contributed by atoms with Crippen LogP contribution in [0.3, 0.4) is 0 Å². The number of nitrogens with zero attached hydrogens (tertiary/aromatic N) is 2. The highest BCUT2D eigenvalue weighted by molar-refractivity contribution is 7.09. The van der Waals surface area contributed by atoms with Crippen molar-refractivity contribution in [2.75, 3.05) is 13.7 Å². The maximum absolute atomic E-state index is 12.4. The number of hydrogen-bond acceptors (Lipinski definition) is 4. The minimum absolute atomic E-state index is 0.00289. The van der Waals surface area contributed by atoms with Crippen molar-refractivity contribution in [3.05, 3.63) is 16.1 Å². The summed E-state index contributed by atoms with van der Waals surface area (Å²) < 4.78 is 5.83. The Labute approximate surface area is 136 Å². The van der Waals surface area contributed by atoms with Gasteiger partial charge in [0.15, 0.2) is 0 Å². The number of aryl methyl sites for hydroxylation is 1. The van der Waals surface area contributed by atoms with Gasteiger partial charge in [-0.25, -0.2) is 9.78 Å². The molecule has 0 radical (unpaired) electrons. The Morgan fingerprint density at radius 1 is 1.59 bits per heavy atom. The van der Waals surface area contributed by atoms with E-state index in [2.05, 4.69) is 10.3 Å². The van der Waals surface area contributed by atoms with Gasteiger partial charge in [0, 0.05) is 30.5 Å². The topological polar surface area (TPSA) is 54.5 Å². The molecule has 2 aliphatic carbocycles. The fourth-order valence-electron chi connectivity index (χ4n) is 3.70. The second-order valence-corrected chi connectivity index (χ2v) is 7.54. The number of hydrogen-bond donors (Lipinski definition) is 1. The molecule has 0 unspecified atom stereocenters. The quantitative estimate of drug-likeness (QED) is 0.906. The smallest absolute Gasteiger partial charge is 0.317 e. The van der Waals surface area contributed by atoms with Crippen molar-refractivity contribution in [3.8, 4) is 0 Å². The molecule has 1 aromatic heterocycles. The van der Waals surface area contributed by atoms with E-state index in [0.29, 0.717) is 12.6 Å².